The monoisotopic (exact) mass is 321 g/mol. The third-order valence-corrected chi connectivity index (χ3v) is 4.06. The smallest absolute Gasteiger partial charge is 0.127 e. The van der Waals surface area contributed by atoms with Crippen LogP contribution in [0.5, 0.6) is 11.5 Å². The summed E-state index contributed by atoms with van der Waals surface area (Å²) in [5, 5.41) is 7.52. The number of ether oxygens (including phenoxy) is 1. The third-order valence-electron chi connectivity index (χ3n) is 4.06. The summed E-state index contributed by atoms with van der Waals surface area (Å²) in [5.41, 5.74) is 9.25. The fourth-order valence-electron chi connectivity index (χ4n) is 2.69. The first-order chi connectivity index (χ1) is 11.7. The van der Waals surface area contributed by atoms with Crippen LogP contribution >= 0.6 is 0 Å². The second kappa shape index (κ2) is 7.32. The van der Waals surface area contributed by atoms with Crippen molar-refractivity contribution in [2.75, 3.05) is 6.54 Å². The molecule has 3 rings (SSSR count). The van der Waals surface area contributed by atoms with Crippen molar-refractivity contribution >= 4 is 0 Å². The van der Waals surface area contributed by atoms with Gasteiger partial charge in [0.1, 0.15) is 11.5 Å². The number of nitrogens with two attached hydrogens (primary N) is 1. The highest BCUT2D eigenvalue weighted by Crippen LogP contribution is 2.29. The van der Waals surface area contributed by atoms with Crippen molar-refractivity contribution in [1.29, 1.82) is 0 Å². The number of aromatic nitrogens is 2. The predicted molar refractivity (Wildman–Crippen MR) is 96.5 cm³/mol. The molecule has 0 saturated carbocycles. The van der Waals surface area contributed by atoms with Crippen LogP contribution in [0.25, 0.3) is 0 Å². The molecule has 1 atom stereocenters. The van der Waals surface area contributed by atoms with Crippen molar-refractivity contribution in [1.82, 2.24) is 10.2 Å². The molecule has 0 amide bonds. The average Bonchev–Trinajstić information content (AvgIpc) is 3.07. The standard InChI is InChI=1S/C20H23N3O/c1-14(2)19-12-20(23-22-19)18(13-21)15-7-6-10-17(11-15)24-16-8-4-3-5-9-16/h3-12,14,18H,13,21H2,1-2H3,(H,22,23). The maximum absolute atomic E-state index is 6.04. The molecule has 0 saturated heterocycles. The number of rotatable bonds is 6. The van der Waals surface area contributed by atoms with Gasteiger partial charge in [-0.25, -0.2) is 0 Å². The zero-order valence-electron chi connectivity index (χ0n) is 14.1. The van der Waals surface area contributed by atoms with Crippen molar-refractivity contribution in [3.05, 3.63) is 77.6 Å². The largest absolute Gasteiger partial charge is 0.457 e. The Morgan fingerprint density at radius 2 is 1.75 bits per heavy atom. The van der Waals surface area contributed by atoms with Gasteiger partial charge in [0.2, 0.25) is 0 Å². The van der Waals surface area contributed by atoms with Crippen molar-refractivity contribution in [2.24, 2.45) is 5.73 Å². The number of para-hydroxylation sites is 1. The minimum absolute atomic E-state index is 0.0734. The van der Waals surface area contributed by atoms with Crippen LogP contribution in [0.2, 0.25) is 0 Å². The van der Waals surface area contributed by atoms with Crippen LogP contribution in [0.4, 0.5) is 0 Å². The minimum Gasteiger partial charge on any atom is -0.457 e. The van der Waals surface area contributed by atoms with Gasteiger partial charge in [0.25, 0.3) is 0 Å². The normalized spacial score (nSPS) is 12.3. The molecular formula is C20H23N3O. The van der Waals surface area contributed by atoms with Crippen molar-refractivity contribution in [3.8, 4) is 11.5 Å². The topological polar surface area (TPSA) is 63.9 Å². The first-order valence-corrected chi connectivity index (χ1v) is 8.25. The second-order valence-electron chi connectivity index (χ2n) is 6.18. The lowest BCUT2D eigenvalue weighted by molar-refractivity contribution is 0.481. The summed E-state index contributed by atoms with van der Waals surface area (Å²) < 4.78 is 5.93. The third kappa shape index (κ3) is 3.66. The van der Waals surface area contributed by atoms with E-state index in [-0.39, 0.29) is 5.92 Å². The minimum atomic E-state index is 0.0734. The second-order valence-corrected chi connectivity index (χ2v) is 6.18. The summed E-state index contributed by atoms with van der Waals surface area (Å²) in [5.74, 6) is 2.09. The molecule has 4 heteroatoms. The van der Waals surface area contributed by atoms with Crippen LogP contribution in [0.15, 0.2) is 60.7 Å². The molecule has 124 valence electrons. The lowest BCUT2D eigenvalue weighted by atomic mass is 9.95. The van der Waals surface area contributed by atoms with Crippen LogP contribution < -0.4 is 10.5 Å². The van der Waals surface area contributed by atoms with Gasteiger partial charge in [-0.3, -0.25) is 5.10 Å². The van der Waals surface area contributed by atoms with Gasteiger partial charge in [-0.1, -0.05) is 44.2 Å². The van der Waals surface area contributed by atoms with Crippen LogP contribution in [0.3, 0.4) is 0 Å². The first-order valence-electron chi connectivity index (χ1n) is 8.25. The van der Waals surface area contributed by atoms with E-state index in [9.17, 15) is 0 Å². The number of hydrogen-bond donors (Lipinski definition) is 2. The molecule has 3 N–H and O–H groups in total. The van der Waals surface area contributed by atoms with E-state index in [0.29, 0.717) is 12.5 Å². The number of hydrogen-bond acceptors (Lipinski definition) is 3. The molecule has 24 heavy (non-hydrogen) atoms. The summed E-state index contributed by atoms with van der Waals surface area (Å²) in [7, 11) is 0. The zero-order chi connectivity index (χ0) is 16.9. The molecule has 3 aromatic rings. The Balaban J connectivity index is 1.85. The van der Waals surface area contributed by atoms with Crippen LogP contribution in [0.1, 0.15) is 42.6 Å². The van der Waals surface area contributed by atoms with E-state index >= 15 is 0 Å². The zero-order valence-corrected chi connectivity index (χ0v) is 14.1. The molecule has 1 aromatic heterocycles. The summed E-state index contributed by atoms with van der Waals surface area (Å²) in [6.07, 6.45) is 0. The van der Waals surface area contributed by atoms with Crippen LogP contribution in [-0.4, -0.2) is 16.7 Å². The predicted octanol–water partition coefficient (Wildman–Crippen LogP) is 4.42. The summed E-state index contributed by atoms with van der Waals surface area (Å²) in [4.78, 5) is 0. The molecule has 0 fully saturated rings. The summed E-state index contributed by atoms with van der Waals surface area (Å²) in [6, 6.07) is 19.9. The molecule has 0 aliphatic rings. The van der Waals surface area contributed by atoms with E-state index in [1.807, 2.05) is 48.5 Å². The Labute approximate surface area is 142 Å². The first kappa shape index (κ1) is 16.3. The van der Waals surface area contributed by atoms with Gasteiger partial charge in [-0.15, -0.1) is 0 Å². The molecule has 2 aromatic carbocycles. The molecule has 0 radical (unpaired) electrons. The van der Waals surface area contributed by atoms with Crippen molar-refractivity contribution in [2.45, 2.75) is 25.7 Å². The van der Waals surface area contributed by atoms with Crippen molar-refractivity contribution < 1.29 is 4.74 Å². The SMILES string of the molecule is CC(C)c1cc(C(CN)c2cccc(Oc3ccccc3)c2)[nH]n1. The van der Waals surface area contributed by atoms with Gasteiger partial charge < -0.3 is 10.5 Å². The number of benzene rings is 2. The molecule has 0 spiro atoms. The van der Waals surface area contributed by atoms with Gasteiger partial charge in [0, 0.05) is 18.2 Å². The molecule has 0 aliphatic heterocycles. The highest BCUT2D eigenvalue weighted by molar-refractivity contribution is 5.38. The number of aromatic amines is 1. The summed E-state index contributed by atoms with van der Waals surface area (Å²) >= 11 is 0. The van der Waals surface area contributed by atoms with Gasteiger partial charge >= 0.3 is 0 Å². The molecule has 0 bridgehead atoms. The Kier molecular flexibility index (Phi) is 4.96. The van der Waals surface area contributed by atoms with Gasteiger partial charge in [-0.2, -0.15) is 5.10 Å². The molecule has 1 heterocycles. The van der Waals surface area contributed by atoms with E-state index < -0.39 is 0 Å². The highest BCUT2D eigenvalue weighted by atomic mass is 16.5. The molecule has 4 nitrogen and oxygen atoms in total. The van der Waals surface area contributed by atoms with E-state index in [4.69, 9.17) is 10.5 Å². The van der Waals surface area contributed by atoms with Crippen molar-refractivity contribution in [3.63, 3.8) is 0 Å². The quantitative estimate of drug-likeness (QED) is 0.706. The number of H-pyrrole nitrogens is 1. The molecular weight excluding hydrogens is 298 g/mol. The number of nitrogens with zero attached hydrogens (tertiary/aromatic N) is 1. The van der Waals surface area contributed by atoms with E-state index in [2.05, 4.69) is 36.2 Å². The average molecular weight is 321 g/mol. The highest BCUT2D eigenvalue weighted by Gasteiger charge is 2.17. The number of nitrogens with one attached hydrogen (secondary N) is 1. The summed E-state index contributed by atoms with van der Waals surface area (Å²) in [6.45, 7) is 4.77. The van der Waals surface area contributed by atoms with E-state index in [1.165, 1.54) is 0 Å². The fraction of sp³-hybridized carbons (Fsp3) is 0.250. The Morgan fingerprint density at radius 1 is 1.00 bits per heavy atom. The Morgan fingerprint density at radius 3 is 2.42 bits per heavy atom. The van der Waals surface area contributed by atoms with Crippen LogP contribution in [-0.2, 0) is 0 Å². The fourth-order valence-corrected chi connectivity index (χ4v) is 2.69. The molecule has 1 unspecified atom stereocenters. The van der Waals surface area contributed by atoms with Gasteiger partial charge in [-0.05, 0) is 41.8 Å². The van der Waals surface area contributed by atoms with E-state index in [0.717, 1.165) is 28.5 Å². The van der Waals surface area contributed by atoms with Gasteiger partial charge in [0.15, 0.2) is 0 Å². The van der Waals surface area contributed by atoms with Gasteiger partial charge in [0.05, 0.1) is 5.69 Å². The lowest BCUT2D eigenvalue weighted by Crippen LogP contribution is -2.14. The maximum Gasteiger partial charge on any atom is 0.127 e. The lowest BCUT2D eigenvalue weighted by Gasteiger charge is -2.15. The molecule has 0 aliphatic carbocycles. The van der Waals surface area contributed by atoms with E-state index in [1.54, 1.807) is 0 Å². The Bertz CT molecular complexity index is 780. The van der Waals surface area contributed by atoms with Crippen LogP contribution in [0, 0.1) is 0 Å². The Hall–Kier alpha value is -2.59. The maximum atomic E-state index is 6.04.